The lowest BCUT2D eigenvalue weighted by molar-refractivity contribution is -0.139. The van der Waals surface area contributed by atoms with E-state index in [4.69, 9.17) is 4.74 Å². The highest BCUT2D eigenvalue weighted by Crippen LogP contribution is 2.30. The number of benzene rings is 1. The molecular formula is C20H23N3O3S. The molecule has 7 heteroatoms. The van der Waals surface area contributed by atoms with Crippen LogP contribution in [0.2, 0.25) is 0 Å². The molecule has 2 N–H and O–H groups in total. The average molecular weight is 385 g/mol. The Kier molecular flexibility index (Phi) is 6.26. The quantitative estimate of drug-likeness (QED) is 0.719. The summed E-state index contributed by atoms with van der Waals surface area (Å²) in [6.45, 7) is 3.18. The van der Waals surface area contributed by atoms with Crippen LogP contribution in [0.1, 0.15) is 23.4 Å². The Balaban J connectivity index is 1.89. The Labute approximate surface area is 162 Å². The van der Waals surface area contributed by atoms with E-state index < -0.39 is 12.0 Å². The minimum absolute atomic E-state index is 0.278. The fraction of sp³-hybridized carbons (Fsp3) is 0.300. The minimum Gasteiger partial charge on any atom is -0.463 e. The second-order valence-corrected chi connectivity index (χ2v) is 7.30. The summed E-state index contributed by atoms with van der Waals surface area (Å²) in [5.74, 6) is -0.411. The van der Waals surface area contributed by atoms with Gasteiger partial charge in [0.2, 0.25) is 0 Å². The zero-order chi connectivity index (χ0) is 19.2. The Hall–Kier alpha value is -2.64. The number of carbonyl (C=O) groups excluding carboxylic acids is 2. The minimum atomic E-state index is -0.502. The van der Waals surface area contributed by atoms with E-state index in [1.165, 1.54) is 11.3 Å². The molecule has 1 aliphatic heterocycles. The third-order valence-electron chi connectivity index (χ3n) is 4.20. The van der Waals surface area contributed by atoms with Crippen molar-refractivity contribution in [3.05, 3.63) is 69.6 Å². The van der Waals surface area contributed by atoms with Crippen LogP contribution in [0.3, 0.4) is 0 Å². The van der Waals surface area contributed by atoms with E-state index in [0.29, 0.717) is 24.4 Å². The molecule has 6 nitrogen and oxygen atoms in total. The van der Waals surface area contributed by atoms with E-state index in [1.54, 1.807) is 6.92 Å². The van der Waals surface area contributed by atoms with Crippen LogP contribution >= 0.6 is 11.3 Å². The summed E-state index contributed by atoms with van der Waals surface area (Å²) in [6, 6.07) is 13.0. The van der Waals surface area contributed by atoms with Crippen LogP contribution < -0.4 is 10.6 Å². The van der Waals surface area contributed by atoms with Crippen molar-refractivity contribution in [1.82, 2.24) is 15.5 Å². The van der Waals surface area contributed by atoms with Gasteiger partial charge in [-0.15, -0.1) is 11.3 Å². The van der Waals surface area contributed by atoms with Gasteiger partial charge in [-0.1, -0.05) is 36.4 Å². The third kappa shape index (κ3) is 4.75. The molecule has 2 heterocycles. The van der Waals surface area contributed by atoms with Gasteiger partial charge in [-0.05, 0) is 31.0 Å². The van der Waals surface area contributed by atoms with Crippen molar-refractivity contribution in [2.75, 3.05) is 20.2 Å². The van der Waals surface area contributed by atoms with E-state index in [-0.39, 0.29) is 12.6 Å². The zero-order valence-electron chi connectivity index (χ0n) is 15.4. The van der Waals surface area contributed by atoms with E-state index in [2.05, 4.69) is 15.5 Å². The maximum Gasteiger partial charge on any atom is 0.338 e. The second kappa shape index (κ2) is 8.83. The second-order valence-electron chi connectivity index (χ2n) is 6.32. The number of likely N-dealkylation sites (N-methyl/N-ethyl adjacent to an activating group) is 1. The normalized spacial score (nSPS) is 16.9. The number of carbonyl (C=O) groups is 2. The molecule has 2 amide bonds. The fourth-order valence-corrected chi connectivity index (χ4v) is 3.87. The summed E-state index contributed by atoms with van der Waals surface area (Å²) in [6.07, 6.45) is 0. The highest BCUT2D eigenvalue weighted by Gasteiger charge is 2.34. The SMILES string of the molecule is CCOC(=O)C1=C(CN(C)Cc2ccccc2)NC(=O)N[C@@H]1c1cccs1. The monoisotopic (exact) mass is 385 g/mol. The van der Waals surface area contributed by atoms with Gasteiger partial charge in [-0.2, -0.15) is 0 Å². The number of nitrogens with one attached hydrogen (secondary N) is 2. The first-order chi connectivity index (χ1) is 13.1. The summed E-state index contributed by atoms with van der Waals surface area (Å²) < 4.78 is 5.27. The van der Waals surface area contributed by atoms with E-state index in [9.17, 15) is 9.59 Å². The van der Waals surface area contributed by atoms with Crippen LogP contribution in [-0.4, -0.2) is 37.1 Å². The highest BCUT2D eigenvalue weighted by molar-refractivity contribution is 7.10. The van der Waals surface area contributed by atoms with Crippen LogP contribution in [-0.2, 0) is 16.1 Å². The molecule has 1 aromatic heterocycles. The molecule has 3 rings (SSSR count). The maximum absolute atomic E-state index is 12.7. The van der Waals surface area contributed by atoms with Crippen LogP contribution in [0, 0.1) is 0 Å². The predicted octanol–water partition coefficient (Wildman–Crippen LogP) is 3.05. The number of hydrogen-bond donors (Lipinski definition) is 2. The first-order valence-electron chi connectivity index (χ1n) is 8.82. The van der Waals surface area contributed by atoms with Crippen molar-refractivity contribution in [3.8, 4) is 0 Å². The van der Waals surface area contributed by atoms with Crippen molar-refractivity contribution >= 4 is 23.3 Å². The largest absolute Gasteiger partial charge is 0.463 e. The van der Waals surface area contributed by atoms with Crippen molar-refractivity contribution < 1.29 is 14.3 Å². The lowest BCUT2D eigenvalue weighted by Crippen LogP contribution is -2.48. The predicted molar refractivity (Wildman–Crippen MR) is 105 cm³/mol. The molecular weight excluding hydrogens is 362 g/mol. The maximum atomic E-state index is 12.7. The lowest BCUT2D eigenvalue weighted by atomic mass is 10.0. The number of ether oxygens (including phenoxy) is 1. The first-order valence-corrected chi connectivity index (χ1v) is 9.70. The van der Waals surface area contributed by atoms with E-state index in [0.717, 1.165) is 10.4 Å². The number of hydrogen-bond acceptors (Lipinski definition) is 5. The van der Waals surface area contributed by atoms with Gasteiger partial charge in [0.1, 0.15) is 0 Å². The molecule has 0 fully saturated rings. The van der Waals surface area contributed by atoms with Gasteiger partial charge in [0.25, 0.3) is 0 Å². The van der Waals surface area contributed by atoms with Gasteiger partial charge in [0.15, 0.2) is 0 Å². The molecule has 27 heavy (non-hydrogen) atoms. The number of amides is 2. The Morgan fingerprint density at radius 2 is 1.96 bits per heavy atom. The van der Waals surface area contributed by atoms with E-state index >= 15 is 0 Å². The molecule has 0 saturated heterocycles. The molecule has 1 aliphatic rings. The number of rotatable bonds is 7. The number of nitrogens with zero attached hydrogens (tertiary/aromatic N) is 1. The first kappa shape index (κ1) is 19.1. The van der Waals surface area contributed by atoms with Crippen molar-refractivity contribution in [1.29, 1.82) is 0 Å². The molecule has 142 valence electrons. The molecule has 0 bridgehead atoms. The van der Waals surface area contributed by atoms with Crippen LogP contribution in [0.4, 0.5) is 4.79 Å². The number of esters is 1. The van der Waals surface area contributed by atoms with Gasteiger partial charge in [-0.3, -0.25) is 4.90 Å². The fourth-order valence-electron chi connectivity index (χ4n) is 3.08. The average Bonchev–Trinajstić information content (AvgIpc) is 3.16. The third-order valence-corrected chi connectivity index (χ3v) is 5.14. The summed E-state index contributed by atoms with van der Waals surface area (Å²) >= 11 is 1.50. The summed E-state index contributed by atoms with van der Waals surface area (Å²) in [4.78, 5) is 27.9. The zero-order valence-corrected chi connectivity index (χ0v) is 16.2. The van der Waals surface area contributed by atoms with Gasteiger partial charge < -0.3 is 15.4 Å². The molecule has 1 atom stereocenters. The molecule has 0 saturated carbocycles. The van der Waals surface area contributed by atoms with Crippen molar-refractivity contribution in [2.24, 2.45) is 0 Å². The van der Waals surface area contributed by atoms with Gasteiger partial charge in [0, 0.05) is 23.7 Å². The molecule has 0 spiro atoms. The van der Waals surface area contributed by atoms with Gasteiger partial charge in [0.05, 0.1) is 18.2 Å². The Morgan fingerprint density at radius 3 is 2.63 bits per heavy atom. The van der Waals surface area contributed by atoms with Crippen molar-refractivity contribution in [2.45, 2.75) is 19.5 Å². The van der Waals surface area contributed by atoms with Gasteiger partial charge >= 0.3 is 12.0 Å². The smallest absolute Gasteiger partial charge is 0.338 e. The molecule has 2 aromatic rings. The number of thiophene rings is 1. The number of urea groups is 1. The van der Waals surface area contributed by atoms with E-state index in [1.807, 2.05) is 54.9 Å². The molecule has 1 aromatic carbocycles. The summed E-state index contributed by atoms with van der Waals surface area (Å²) in [7, 11) is 1.96. The molecule has 0 aliphatic carbocycles. The van der Waals surface area contributed by atoms with Crippen molar-refractivity contribution in [3.63, 3.8) is 0 Å². The lowest BCUT2D eigenvalue weighted by Gasteiger charge is -2.30. The van der Waals surface area contributed by atoms with Gasteiger partial charge in [-0.25, -0.2) is 9.59 Å². The summed E-state index contributed by atoms with van der Waals surface area (Å²) in [5, 5.41) is 7.57. The molecule has 0 unspecified atom stereocenters. The Bertz CT molecular complexity index is 818. The molecule has 0 radical (unpaired) electrons. The topological polar surface area (TPSA) is 70.7 Å². The van der Waals surface area contributed by atoms with Crippen LogP contribution in [0.5, 0.6) is 0 Å². The summed E-state index contributed by atoms with van der Waals surface area (Å²) in [5.41, 5.74) is 2.20. The standard InChI is InChI=1S/C20H23N3O3S/c1-3-26-19(24)17-15(13-23(2)12-14-8-5-4-6-9-14)21-20(25)22-18(17)16-10-7-11-27-16/h4-11,18H,3,12-13H2,1-2H3,(H2,21,22,25)/t18-/m1/s1. The highest BCUT2D eigenvalue weighted by atomic mass is 32.1. The van der Waals surface area contributed by atoms with Crippen LogP contribution in [0.25, 0.3) is 0 Å². The Morgan fingerprint density at radius 1 is 1.19 bits per heavy atom. The van der Waals surface area contributed by atoms with Crippen LogP contribution in [0.15, 0.2) is 59.1 Å².